The normalized spacial score (nSPS) is 36.0. The number of fused-ring (bicyclic) bond motifs is 1. The van der Waals surface area contributed by atoms with Gasteiger partial charge in [-0.2, -0.15) is 0 Å². The van der Waals surface area contributed by atoms with E-state index in [-0.39, 0.29) is 6.10 Å². The standard InChI is InChI=1S/C8H14N2O2/c11-6-12-8-3-7-4-9-1-2-10(7)5-8/h6-9H,1-5H2. The first-order valence-corrected chi connectivity index (χ1v) is 4.44. The van der Waals surface area contributed by atoms with Crippen LogP contribution in [0.25, 0.3) is 0 Å². The molecule has 2 rings (SSSR count). The lowest BCUT2D eigenvalue weighted by molar-refractivity contribution is -0.132. The Kier molecular flexibility index (Phi) is 2.28. The summed E-state index contributed by atoms with van der Waals surface area (Å²) in [6.07, 6.45) is 1.12. The number of piperazine rings is 1. The average Bonchev–Trinajstić information content (AvgIpc) is 2.47. The summed E-state index contributed by atoms with van der Waals surface area (Å²) < 4.78 is 4.94. The Morgan fingerprint density at radius 2 is 2.50 bits per heavy atom. The van der Waals surface area contributed by atoms with Crippen LogP contribution in [0.5, 0.6) is 0 Å². The molecule has 2 saturated heterocycles. The van der Waals surface area contributed by atoms with Crippen molar-refractivity contribution in [3.63, 3.8) is 0 Å². The molecule has 0 aromatic rings. The van der Waals surface area contributed by atoms with Gasteiger partial charge in [-0.15, -0.1) is 0 Å². The van der Waals surface area contributed by atoms with Gasteiger partial charge in [0.15, 0.2) is 0 Å². The number of nitrogens with zero attached hydrogens (tertiary/aromatic N) is 1. The highest BCUT2D eigenvalue weighted by Gasteiger charge is 2.34. The third kappa shape index (κ3) is 1.44. The van der Waals surface area contributed by atoms with Crippen molar-refractivity contribution in [2.24, 2.45) is 0 Å². The van der Waals surface area contributed by atoms with E-state index in [2.05, 4.69) is 10.2 Å². The van der Waals surface area contributed by atoms with Gasteiger partial charge in [0.05, 0.1) is 0 Å². The second kappa shape index (κ2) is 3.41. The Balaban J connectivity index is 1.89. The molecule has 0 aromatic heterocycles. The van der Waals surface area contributed by atoms with E-state index in [4.69, 9.17) is 4.74 Å². The Hall–Kier alpha value is -0.610. The lowest BCUT2D eigenvalue weighted by Crippen LogP contribution is -2.47. The summed E-state index contributed by atoms with van der Waals surface area (Å²) in [7, 11) is 0. The molecule has 2 fully saturated rings. The van der Waals surface area contributed by atoms with E-state index in [1.165, 1.54) is 0 Å². The summed E-state index contributed by atoms with van der Waals surface area (Å²) >= 11 is 0. The highest BCUT2D eigenvalue weighted by Crippen LogP contribution is 2.20. The van der Waals surface area contributed by atoms with E-state index in [9.17, 15) is 4.79 Å². The minimum absolute atomic E-state index is 0.132. The van der Waals surface area contributed by atoms with Gasteiger partial charge < -0.3 is 10.1 Å². The third-order valence-electron chi connectivity index (χ3n) is 2.69. The molecule has 0 radical (unpaired) electrons. The first kappa shape index (κ1) is 8.01. The highest BCUT2D eigenvalue weighted by atomic mass is 16.5. The van der Waals surface area contributed by atoms with E-state index in [1.54, 1.807) is 0 Å². The van der Waals surface area contributed by atoms with Gasteiger partial charge in [0, 0.05) is 38.6 Å². The molecule has 0 aliphatic carbocycles. The van der Waals surface area contributed by atoms with Crippen LogP contribution in [-0.4, -0.2) is 49.7 Å². The van der Waals surface area contributed by atoms with Crippen molar-refractivity contribution in [2.45, 2.75) is 18.6 Å². The topological polar surface area (TPSA) is 41.6 Å². The summed E-state index contributed by atoms with van der Waals surface area (Å²) in [6.45, 7) is 4.67. The molecule has 2 unspecified atom stereocenters. The van der Waals surface area contributed by atoms with Crippen molar-refractivity contribution in [3.05, 3.63) is 0 Å². The molecule has 0 saturated carbocycles. The van der Waals surface area contributed by atoms with Crippen LogP contribution in [0.4, 0.5) is 0 Å². The average molecular weight is 170 g/mol. The van der Waals surface area contributed by atoms with Crippen LogP contribution in [-0.2, 0) is 9.53 Å². The fourth-order valence-electron chi connectivity index (χ4n) is 2.09. The van der Waals surface area contributed by atoms with Gasteiger partial charge in [0.2, 0.25) is 0 Å². The van der Waals surface area contributed by atoms with Crippen LogP contribution >= 0.6 is 0 Å². The zero-order chi connectivity index (χ0) is 8.39. The largest absolute Gasteiger partial charge is 0.463 e. The lowest BCUT2D eigenvalue weighted by atomic mass is 10.2. The summed E-state index contributed by atoms with van der Waals surface area (Å²) in [5, 5.41) is 3.33. The molecule has 0 aromatic carbocycles. The van der Waals surface area contributed by atoms with E-state index in [0.29, 0.717) is 12.5 Å². The number of carbonyl (C=O) groups is 1. The predicted octanol–water partition coefficient (Wildman–Crippen LogP) is -0.794. The van der Waals surface area contributed by atoms with E-state index in [1.807, 2.05) is 0 Å². The molecule has 2 heterocycles. The minimum atomic E-state index is 0.132. The Bertz CT molecular complexity index is 160. The van der Waals surface area contributed by atoms with Gasteiger partial charge >= 0.3 is 0 Å². The second-order valence-electron chi connectivity index (χ2n) is 3.44. The molecule has 2 atom stereocenters. The van der Waals surface area contributed by atoms with Crippen molar-refractivity contribution in [3.8, 4) is 0 Å². The molecule has 0 bridgehead atoms. The van der Waals surface area contributed by atoms with Crippen LogP contribution in [0.15, 0.2) is 0 Å². The first-order valence-electron chi connectivity index (χ1n) is 4.44. The Morgan fingerprint density at radius 3 is 3.25 bits per heavy atom. The van der Waals surface area contributed by atoms with Crippen LogP contribution in [0.1, 0.15) is 6.42 Å². The van der Waals surface area contributed by atoms with E-state index < -0.39 is 0 Å². The third-order valence-corrected chi connectivity index (χ3v) is 2.69. The molecular formula is C8H14N2O2. The number of nitrogens with one attached hydrogen (secondary N) is 1. The molecular weight excluding hydrogens is 156 g/mol. The fraction of sp³-hybridized carbons (Fsp3) is 0.875. The van der Waals surface area contributed by atoms with Crippen LogP contribution in [0.2, 0.25) is 0 Å². The van der Waals surface area contributed by atoms with Crippen molar-refractivity contribution in [1.29, 1.82) is 0 Å². The van der Waals surface area contributed by atoms with Gasteiger partial charge in [-0.1, -0.05) is 0 Å². The van der Waals surface area contributed by atoms with Gasteiger partial charge in [0.1, 0.15) is 6.10 Å². The van der Waals surface area contributed by atoms with Crippen LogP contribution in [0.3, 0.4) is 0 Å². The van der Waals surface area contributed by atoms with E-state index >= 15 is 0 Å². The van der Waals surface area contributed by atoms with Crippen molar-refractivity contribution in [1.82, 2.24) is 10.2 Å². The Morgan fingerprint density at radius 1 is 1.58 bits per heavy atom. The maximum absolute atomic E-state index is 10.1. The number of ether oxygens (including phenoxy) is 1. The van der Waals surface area contributed by atoms with Crippen molar-refractivity contribution < 1.29 is 9.53 Å². The molecule has 1 N–H and O–H groups in total. The minimum Gasteiger partial charge on any atom is -0.463 e. The lowest BCUT2D eigenvalue weighted by Gasteiger charge is -2.29. The summed E-state index contributed by atoms with van der Waals surface area (Å²) in [5.74, 6) is 0. The van der Waals surface area contributed by atoms with Gasteiger partial charge in [0.25, 0.3) is 6.47 Å². The SMILES string of the molecule is O=COC1CC2CNCCN2C1. The summed E-state index contributed by atoms with van der Waals surface area (Å²) in [5.41, 5.74) is 0. The first-order chi connectivity index (χ1) is 5.90. The second-order valence-corrected chi connectivity index (χ2v) is 3.44. The van der Waals surface area contributed by atoms with Gasteiger partial charge in [-0.25, -0.2) is 0 Å². The molecule has 4 nitrogen and oxygen atoms in total. The number of hydrogen-bond acceptors (Lipinski definition) is 4. The van der Waals surface area contributed by atoms with Crippen LogP contribution in [0, 0.1) is 0 Å². The van der Waals surface area contributed by atoms with Gasteiger partial charge in [-0.3, -0.25) is 9.69 Å². The number of rotatable bonds is 2. The van der Waals surface area contributed by atoms with Gasteiger partial charge in [-0.05, 0) is 0 Å². The van der Waals surface area contributed by atoms with Crippen LogP contribution < -0.4 is 5.32 Å². The zero-order valence-corrected chi connectivity index (χ0v) is 7.03. The maximum atomic E-state index is 10.1. The van der Waals surface area contributed by atoms with Crippen molar-refractivity contribution >= 4 is 6.47 Å². The van der Waals surface area contributed by atoms with E-state index in [0.717, 1.165) is 32.6 Å². The Labute approximate surface area is 71.9 Å². The molecule has 0 amide bonds. The smallest absolute Gasteiger partial charge is 0.293 e. The predicted molar refractivity (Wildman–Crippen MR) is 43.8 cm³/mol. The molecule has 12 heavy (non-hydrogen) atoms. The quantitative estimate of drug-likeness (QED) is 0.551. The number of carbonyl (C=O) groups excluding carboxylic acids is 1. The molecule has 2 aliphatic rings. The monoisotopic (exact) mass is 170 g/mol. The highest BCUT2D eigenvalue weighted by molar-refractivity contribution is 5.37. The molecule has 2 aliphatic heterocycles. The number of hydrogen-bond donors (Lipinski definition) is 1. The maximum Gasteiger partial charge on any atom is 0.293 e. The molecule has 4 heteroatoms. The fourth-order valence-corrected chi connectivity index (χ4v) is 2.09. The molecule has 68 valence electrons. The molecule has 0 spiro atoms. The zero-order valence-electron chi connectivity index (χ0n) is 7.03. The van der Waals surface area contributed by atoms with Crippen molar-refractivity contribution in [2.75, 3.05) is 26.2 Å². The summed E-state index contributed by atoms with van der Waals surface area (Å²) in [6, 6.07) is 0.587. The summed E-state index contributed by atoms with van der Waals surface area (Å²) in [4.78, 5) is 12.5.